The first kappa shape index (κ1) is 15.1. The number of rotatable bonds is 3. The molecule has 2 aliphatic carbocycles. The number of carbonyl (C=O) groups is 2. The summed E-state index contributed by atoms with van der Waals surface area (Å²) in [6.07, 6.45) is 8.09. The number of carboxylic acids is 1. The van der Waals surface area contributed by atoms with Gasteiger partial charge in [-0.3, -0.25) is 4.79 Å². The summed E-state index contributed by atoms with van der Waals surface area (Å²) in [4.78, 5) is 36.7. The zero-order valence-electron chi connectivity index (χ0n) is 13.2. The van der Waals surface area contributed by atoms with Gasteiger partial charge in [0.1, 0.15) is 0 Å². The number of anilines is 1. The molecule has 3 aliphatic rings. The summed E-state index contributed by atoms with van der Waals surface area (Å²) in [6.45, 7) is 2.44. The SMILES string of the molecule is O=C([O-])[C@@H]1[C@@H](C(=O)N2CCN(c3ncccn3)CC2)[C@@H]2C=C[C@H]1C2. The molecule has 0 unspecified atom stereocenters. The summed E-state index contributed by atoms with van der Waals surface area (Å²) in [5.74, 6) is -1.63. The second kappa shape index (κ2) is 5.89. The van der Waals surface area contributed by atoms with Gasteiger partial charge in [0.05, 0.1) is 5.92 Å². The van der Waals surface area contributed by atoms with Gasteiger partial charge in [-0.15, -0.1) is 0 Å². The van der Waals surface area contributed by atoms with Crippen molar-refractivity contribution in [1.29, 1.82) is 0 Å². The summed E-state index contributed by atoms with van der Waals surface area (Å²) in [7, 11) is 0. The van der Waals surface area contributed by atoms with Gasteiger partial charge < -0.3 is 19.7 Å². The van der Waals surface area contributed by atoms with E-state index in [-0.39, 0.29) is 17.7 Å². The lowest BCUT2D eigenvalue weighted by atomic mass is 9.82. The molecule has 126 valence electrons. The molecule has 2 heterocycles. The predicted molar refractivity (Wildman–Crippen MR) is 83.5 cm³/mol. The lowest BCUT2D eigenvalue weighted by Gasteiger charge is -2.38. The van der Waals surface area contributed by atoms with E-state index in [2.05, 4.69) is 9.97 Å². The topological polar surface area (TPSA) is 89.5 Å². The maximum atomic E-state index is 12.9. The molecule has 0 aromatic carbocycles. The summed E-state index contributed by atoms with van der Waals surface area (Å²) >= 11 is 0. The van der Waals surface area contributed by atoms with E-state index in [1.54, 1.807) is 23.4 Å². The van der Waals surface area contributed by atoms with Crippen LogP contribution in [0.15, 0.2) is 30.6 Å². The molecule has 0 radical (unpaired) electrons. The first-order valence-corrected chi connectivity index (χ1v) is 8.35. The highest BCUT2D eigenvalue weighted by Gasteiger charge is 2.50. The third-order valence-corrected chi connectivity index (χ3v) is 5.44. The molecule has 1 aromatic heterocycles. The Morgan fingerprint density at radius 2 is 1.62 bits per heavy atom. The van der Waals surface area contributed by atoms with Crippen LogP contribution in [0.5, 0.6) is 0 Å². The molecule has 2 fully saturated rings. The maximum absolute atomic E-state index is 12.9. The molecule has 4 atom stereocenters. The molecular weight excluding hydrogens is 308 g/mol. The highest BCUT2D eigenvalue weighted by molar-refractivity contribution is 5.86. The largest absolute Gasteiger partial charge is 0.550 e. The smallest absolute Gasteiger partial charge is 0.227 e. The van der Waals surface area contributed by atoms with Crippen LogP contribution >= 0.6 is 0 Å². The first-order valence-electron chi connectivity index (χ1n) is 8.35. The van der Waals surface area contributed by atoms with Crippen LogP contribution in [-0.4, -0.2) is 52.9 Å². The first-order chi connectivity index (χ1) is 11.6. The monoisotopic (exact) mass is 327 g/mol. The molecule has 24 heavy (non-hydrogen) atoms. The number of amides is 1. The molecule has 1 amide bonds. The number of aliphatic carboxylic acids is 1. The van der Waals surface area contributed by atoms with Crippen molar-refractivity contribution >= 4 is 17.8 Å². The van der Waals surface area contributed by atoms with Crippen LogP contribution < -0.4 is 10.0 Å². The molecule has 4 rings (SSSR count). The Kier molecular flexibility index (Phi) is 3.70. The van der Waals surface area contributed by atoms with Gasteiger partial charge in [-0.25, -0.2) is 9.97 Å². The van der Waals surface area contributed by atoms with E-state index in [0.717, 1.165) is 6.42 Å². The Bertz CT molecular complexity index is 670. The number of hydrogen-bond donors (Lipinski definition) is 0. The molecule has 1 saturated heterocycles. The van der Waals surface area contributed by atoms with Crippen LogP contribution in [0.25, 0.3) is 0 Å². The Morgan fingerprint density at radius 1 is 1.00 bits per heavy atom. The normalized spacial score (nSPS) is 31.5. The third kappa shape index (κ3) is 2.44. The number of nitrogens with zero attached hydrogens (tertiary/aromatic N) is 4. The fourth-order valence-corrected chi connectivity index (χ4v) is 4.27. The summed E-state index contributed by atoms with van der Waals surface area (Å²) in [5, 5.41) is 11.5. The van der Waals surface area contributed by atoms with Gasteiger partial charge in [0.25, 0.3) is 0 Å². The predicted octanol–water partition coefficient (Wildman–Crippen LogP) is -0.687. The summed E-state index contributed by atoms with van der Waals surface area (Å²) in [5.41, 5.74) is 0. The maximum Gasteiger partial charge on any atom is 0.227 e. The van der Waals surface area contributed by atoms with E-state index >= 15 is 0 Å². The molecular formula is C17H19N4O3-. The lowest BCUT2D eigenvalue weighted by molar-refractivity contribution is -0.313. The Labute approximate surface area is 140 Å². The number of carbonyl (C=O) groups excluding carboxylic acids is 2. The van der Waals surface area contributed by atoms with Gasteiger partial charge in [0, 0.05) is 50.5 Å². The minimum Gasteiger partial charge on any atom is -0.550 e. The Morgan fingerprint density at radius 3 is 2.25 bits per heavy atom. The van der Waals surface area contributed by atoms with Gasteiger partial charge >= 0.3 is 0 Å². The number of carboxylic acid groups (broad SMARTS) is 1. The molecule has 7 nitrogen and oxygen atoms in total. The van der Waals surface area contributed by atoms with Crippen LogP contribution in [-0.2, 0) is 9.59 Å². The third-order valence-electron chi connectivity index (χ3n) is 5.44. The Balaban J connectivity index is 1.43. The van der Waals surface area contributed by atoms with Crippen molar-refractivity contribution in [3.05, 3.63) is 30.6 Å². The van der Waals surface area contributed by atoms with Gasteiger partial charge in [-0.1, -0.05) is 12.2 Å². The summed E-state index contributed by atoms with van der Waals surface area (Å²) < 4.78 is 0. The van der Waals surface area contributed by atoms with Gasteiger partial charge in [0.2, 0.25) is 11.9 Å². The fourth-order valence-electron chi connectivity index (χ4n) is 4.27. The zero-order valence-corrected chi connectivity index (χ0v) is 13.2. The van der Waals surface area contributed by atoms with Crippen LogP contribution in [0, 0.1) is 23.7 Å². The van der Waals surface area contributed by atoms with Gasteiger partial charge in [-0.2, -0.15) is 0 Å². The van der Waals surface area contributed by atoms with Crippen LogP contribution in [0.2, 0.25) is 0 Å². The minimum atomic E-state index is -1.10. The van der Waals surface area contributed by atoms with Crippen LogP contribution in [0.3, 0.4) is 0 Å². The van der Waals surface area contributed by atoms with Crippen LogP contribution in [0.1, 0.15) is 6.42 Å². The van der Waals surface area contributed by atoms with Crippen molar-refractivity contribution in [2.24, 2.45) is 23.7 Å². The van der Waals surface area contributed by atoms with Gasteiger partial charge in [0.15, 0.2) is 0 Å². The molecule has 0 N–H and O–H groups in total. The van der Waals surface area contributed by atoms with E-state index in [1.165, 1.54) is 0 Å². The van der Waals surface area contributed by atoms with Crippen molar-refractivity contribution in [3.8, 4) is 0 Å². The van der Waals surface area contributed by atoms with Crippen molar-refractivity contribution in [2.75, 3.05) is 31.1 Å². The van der Waals surface area contributed by atoms with E-state index in [4.69, 9.17) is 0 Å². The van der Waals surface area contributed by atoms with Crippen molar-refractivity contribution in [2.45, 2.75) is 6.42 Å². The number of hydrogen-bond acceptors (Lipinski definition) is 6. The number of fused-ring (bicyclic) bond motifs is 2. The van der Waals surface area contributed by atoms with E-state index in [1.807, 2.05) is 17.1 Å². The van der Waals surface area contributed by atoms with Crippen molar-refractivity contribution in [1.82, 2.24) is 14.9 Å². The number of piperazine rings is 1. The lowest BCUT2D eigenvalue weighted by Crippen LogP contribution is -2.53. The number of aromatic nitrogens is 2. The van der Waals surface area contributed by atoms with Crippen molar-refractivity contribution < 1.29 is 14.7 Å². The number of allylic oxidation sites excluding steroid dienone is 2. The quantitative estimate of drug-likeness (QED) is 0.683. The highest BCUT2D eigenvalue weighted by Crippen LogP contribution is 2.48. The second-order valence-electron chi connectivity index (χ2n) is 6.68. The standard InChI is InChI=1S/C17H20N4O3/c22-15(13-11-2-3-12(10-11)14(13)16(23)24)20-6-8-21(9-7-20)17-18-4-1-5-19-17/h1-5,11-14H,6-10H2,(H,23,24)/p-1/t11-,12+,13+,14+/m1/s1. The molecule has 1 aromatic rings. The average Bonchev–Trinajstić information content (AvgIpc) is 3.23. The van der Waals surface area contributed by atoms with Crippen molar-refractivity contribution in [3.63, 3.8) is 0 Å². The zero-order chi connectivity index (χ0) is 16.7. The molecule has 7 heteroatoms. The molecule has 2 bridgehead atoms. The molecule has 0 spiro atoms. The van der Waals surface area contributed by atoms with E-state index < -0.39 is 17.8 Å². The fraction of sp³-hybridized carbons (Fsp3) is 0.529. The minimum absolute atomic E-state index is 0.0425. The molecule has 1 saturated carbocycles. The van der Waals surface area contributed by atoms with E-state index in [0.29, 0.717) is 32.1 Å². The van der Waals surface area contributed by atoms with Gasteiger partial charge in [-0.05, 0) is 24.3 Å². The average molecular weight is 327 g/mol. The van der Waals surface area contributed by atoms with Crippen LogP contribution in [0.4, 0.5) is 5.95 Å². The second-order valence-corrected chi connectivity index (χ2v) is 6.68. The Hall–Kier alpha value is -2.44. The molecule has 1 aliphatic heterocycles. The van der Waals surface area contributed by atoms with E-state index in [9.17, 15) is 14.7 Å². The summed E-state index contributed by atoms with van der Waals surface area (Å²) in [6, 6.07) is 1.77. The highest BCUT2D eigenvalue weighted by atomic mass is 16.4.